The van der Waals surface area contributed by atoms with Crippen LogP contribution in [0.3, 0.4) is 0 Å². The van der Waals surface area contributed by atoms with Crippen molar-refractivity contribution in [3.63, 3.8) is 0 Å². The SMILES string of the molecule is COCO[C@H]1C[C@H]2OC(C)(C)OC[C@]23C2C(CC[C@]3(O)C1)[C@@]1(OCOC)CC[C@H](C(=O)O)[C@@]1(C)C[C@H]2OCOC. The number of methoxy groups -OCH3 is 3. The number of ether oxygens (including phenoxy) is 8. The minimum atomic E-state index is -1.17. The summed E-state index contributed by atoms with van der Waals surface area (Å²) in [4.78, 5) is 12.6. The molecule has 5 aliphatic rings. The van der Waals surface area contributed by atoms with Crippen LogP contribution in [0.2, 0.25) is 0 Å². The first-order valence-corrected chi connectivity index (χ1v) is 14.5. The Hall–Kier alpha value is -0.890. The predicted molar refractivity (Wildman–Crippen MR) is 140 cm³/mol. The summed E-state index contributed by atoms with van der Waals surface area (Å²) >= 11 is 0. The number of aliphatic carboxylic acids is 1. The van der Waals surface area contributed by atoms with E-state index in [0.717, 1.165) is 0 Å². The summed E-state index contributed by atoms with van der Waals surface area (Å²) in [7, 11) is 4.75. The first-order chi connectivity index (χ1) is 18.9. The molecule has 5 fully saturated rings. The Labute approximate surface area is 237 Å². The number of aliphatic hydroxyl groups is 1. The number of hydrogen-bond acceptors (Lipinski definition) is 10. The Balaban J connectivity index is 1.65. The second-order valence-corrected chi connectivity index (χ2v) is 13.3. The molecule has 5 rings (SSSR count). The Kier molecular flexibility index (Phi) is 8.40. The highest BCUT2D eigenvalue weighted by molar-refractivity contribution is 5.72. The maximum Gasteiger partial charge on any atom is 0.307 e. The van der Waals surface area contributed by atoms with E-state index in [0.29, 0.717) is 44.9 Å². The van der Waals surface area contributed by atoms with E-state index in [1.165, 1.54) is 0 Å². The highest BCUT2D eigenvalue weighted by Gasteiger charge is 2.78. The van der Waals surface area contributed by atoms with Gasteiger partial charge in [0.1, 0.15) is 20.4 Å². The van der Waals surface area contributed by atoms with Crippen molar-refractivity contribution < 1.29 is 52.9 Å². The number of hydrogen-bond donors (Lipinski definition) is 2. The Bertz CT molecular complexity index is 930. The fraction of sp³-hybridized carbons (Fsp3) is 0.966. The van der Waals surface area contributed by atoms with E-state index in [1.807, 2.05) is 20.8 Å². The van der Waals surface area contributed by atoms with Crippen LogP contribution in [0.4, 0.5) is 0 Å². The highest BCUT2D eigenvalue weighted by atomic mass is 16.7. The largest absolute Gasteiger partial charge is 0.481 e. The van der Waals surface area contributed by atoms with E-state index in [2.05, 4.69) is 0 Å². The molecule has 0 aromatic heterocycles. The van der Waals surface area contributed by atoms with Gasteiger partial charge in [0.2, 0.25) is 0 Å². The fourth-order valence-corrected chi connectivity index (χ4v) is 9.69. The minimum Gasteiger partial charge on any atom is -0.481 e. The van der Waals surface area contributed by atoms with Crippen LogP contribution in [0.15, 0.2) is 0 Å². The zero-order valence-corrected chi connectivity index (χ0v) is 24.8. The molecule has 0 aromatic rings. The molecule has 1 saturated heterocycles. The topological polar surface area (TPSA) is 131 Å². The maximum atomic E-state index is 12.7. The van der Waals surface area contributed by atoms with Crippen LogP contribution >= 0.6 is 0 Å². The molecule has 0 radical (unpaired) electrons. The van der Waals surface area contributed by atoms with Crippen LogP contribution in [-0.4, -0.2) is 99.8 Å². The summed E-state index contributed by atoms with van der Waals surface area (Å²) in [6, 6.07) is 0. The van der Waals surface area contributed by atoms with E-state index in [4.69, 9.17) is 37.9 Å². The lowest BCUT2D eigenvalue weighted by molar-refractivity contribution is -0.408. The van der Waals surface area contributed by atoms with Crippen molar-refractivity contribution in [2.45, 2.75) is 101 Å². The van der Waals surface area contributed by atoms with Gasteiger partial charge in [-0.3, -0.25) is 4.79 Å². The van der Waals surface area contributed by atoms with Gasteiger partial charge in [0, 0.05) is 45.5 Å². The monoisotopic (exact) mass is 572 g/mol. The molecule has 230 valence electrons. The van der Waals surface area contributed by atoms with E-state index < -0.39 is 45.8 Å². The van der Waals surface area contributed by atoms with Crippen LogP contribution in [0, 0.1) is 28.6 Å². The molecule has 1 aliphatic heterocycles. The molecule has 2 N–H and O–H groups in total. The number of rotatable bonds is 10. The predicted octanol–water partition coefficient (Wildman–Crippen LogP) is 2.92. The summed E-state index contributed by atoms with van der Waals surface area (Å²) < 4.78 is 48.2. The lowest BCUT2D eigenvalue weighted by Crippen LogP contribution is -2.78. The van der Waals surface area contributed by atoms with Gasteiger partial charge in [0.05, 0.1) is 47.5 Å². The molecule has 0 bridgehead atoms. The van der Waals surface area contributed by atoms with Gasteiger partial charge in [0.25, 0.3) is 0 Å². The second kappa shape index (κ2) is 11.0. The summed E-state index contributed by atoms with van der Waals surface area (Å²) in [5.41, 5.74) is -3.49. The third-order valence-corrected chi connectivity index (χ3v) is 11.2. The molecule has 2 unspecified atom stereocenters. The molecule has 4 aliphatic carbocycles. The van der Waals surface area contributed by atoms with Crippen molar-refractivity contribution >= 4 is 5.97 Å². The van der Waals surface area contributed by atoms with E-state index >= 15 is 0 Å². The number of carboxylic acids is 1. The molecule has 0 amide bonds. The van der Waals surface area contributed by atoms with Gasteiger partial charge in [0.15, 0.2) is 5.79 Å². The highest BCUT2D eigenvalue weighted by Crippen LogP contribution is 2.72. The maximum absolute atomic E-state index is 12.7. The van der Waals surface area contributed by atoms with Gasteiger partial charge in [-0.15, -0.1) is 0 Å². The lowest BCUT2D eigenvalue weighted by atomic mass is 9.40. The Morgan fingerprint density at radius 2 is 1.65 bits per heavy atom. The van der Waals surface area contributed by atoms with E-state index in [-0.39, 0.29) is 51.0 Å². The lowest BCUT2D eigenvalue weighted by Gasteiger charge is -2.71. The van der Waals surface area contributed by atoms with Crippen LogP contribution in [0.25, 0.3) is 0 Å². The average Bonchev–Trinajstić information content (AvgIpc) is 3.20. The van der Waals surface area contributed by atoms with Crippen LogP contribution in [-0.2, 0) is 42.7 Å². The van der Waals surface area contributed by atoms with Crippen LogP contribution < -0.4 is 0 Å². The Morgan fingerprint density at radius 1 is 0.950 bits per heavy atom. The van der Waals surface area contributed by atoms with Gasteiger partial charge in [-0.2, -0.15) is 0 Å². The van der Waals surface area contributed by atoms with E-state index in [1.54, 1.807) is 21.3 Å². The zero-order valence-electron chi connectivity index (χ0n) is 24.8. The van der Waals surface area contributed by atoms with E-state index in [9.17, 15) is 15.0 Å². The number of carboxylic acid groups (broad SMARTS) is 1. The first-order valence-electron chi connectivity index (χ1n) is 14.5. The van der Waals surface area contributed by atoms with Crippen molar-refractivity contribution in [2.75, 3.05) is 48.3 Å². The van der Waals surface area contributed by atoms with Gasteiger partial charge < -0.3 is 48.1 Å². The molecule has 40 heavy (non-hydrogen) atoms. The zero-order chi connectivity index (χ0) is 29.0. The minimum absolute atomic E-state index is 0.0551. The molecule has 0 aromatic carbocycles. The average molecular weight is 573 g/mol. The standard InChI is InChI=1S/C29H48O11/c1-25(2)38-14-28-22(40-25)11-18(36-15-33-4)12-27(28,32)9-7-19-23(28)21(37-16-34-5)13-26(3)20(24(30)31)8-10-29(19,26)39-17-35-6/h18-23,32H,7-17H2,1-6H3,(H,30,31)/t18-,19?,20+,21+,22+,23?,26+,27-,28+,29-/m0/s1. The number of carbonyl (C=O) groups is 1. The molecule has 10 atom stereocenters. The summed E-state index contributed by atoms with van der Waals surface area (Å²) in [5.74, 6) is -2.63. The van der Waals surface area contributed by atoms with Crippen molar-refractivity contribution in [2.24, 2.45) is 28.6 Å². The first kappa shape index (κ1) is 30.6. The molecule has 1 heterocycles. The molecule has 11 heteroatoms. The summed E-state index contributed by atoms with van der Waals surface area (Å²) in [5, 5.41) is 23.0. The molecular formula is C29H48O11. The van der Waals surface area contributed by atoms with Crippen molar-refractivity contribution in [3.05, 3.63) is 0 Å². The normalized spacial score (nSPS) is 47.6. The number of fused-ring (bicyclic) bond motifs is 3. The van der Waals surface area contributed by atoms with Crippen LogP contribution in [0.5, 0.6) is 0 Å². The molecule has 4 saturated carbocycles. The summed E-state index contributed by atoms with van der Waals surface area (Å²) in [6.45, 7) is 6.36. The van der Waals surface area contributed by atoms with Crippen molar-refractivity contribution in [1.82, 2.24) is 0 Å². The fourth-order valence-electron chi connectivity index (χ4n) is 9.69. The molecule has 11 nitrogen and oxygen atoms in total. The van der Waals surface area contributed by atoms with Gasteiger partial charge in [-0.05, 0) is 51.9 Å². The second-order valence-electron chi connectivity index (χ2n) is 13.3. The quantitative estimate of drug-likeness (QED) is 0.375. The van der Waals surface area contributed by atoms with Crippen molar-refractivity contribution in [3.8, 4) is 0 Å². The van der Waals surface area contributed by atoms with Gasteiger partial charge in [-0.25, -0.2) is 0 Å². The molecular weight excluding hydrogens is 524 g/mol. The molecule has 1 spiro atoms. The summed E-state index contributed by atoms with van der Waals surface area (Å²) in [6.07, 6.45) is 2.59. The van der Waals surface area contributed by atoms with Crippen molar-refractivity contribution in [1.29, 1.82) is 0 Å². The van der Waals surface area contributed by atoms with Gasteiger partial charge >= 0.3 is 5.97 Å². The Morgan fingerprint density at radius 3 is 2.33 bits per heavy atom. The van der Waals surface area contributed by atoms with Gasteiger partial charge in [-0.1, -0.05) is 6.92 Å². The smallest absolute Gasteiger partial charge is 0.307 e. The third-order valence-electron chi connectivity index (χ3n) is 11.2. The third kappa shape index (κ3) is 4.46. The van der Waals surface area contributed by atoms with Crippen LogP contribution in [0.1, 0.15) is 65.7 Å².